The van der Waals surface area contributed by atoms with Gasteiger partial charge in [-0.2, -0.15) is 10.4 Å². The molecule has 0 amide bonds. The van der Waals surface area contributed by atoms with E-state index >= 15 is 0 Å². The molecule has 0 fully saturated rings. The number of halogens is 1. The van der Waals surface area contributed by atoms with Gasteiger partial charge in [0.15, 0.2) is 0 Å². The Kier molecular flexibility index (Phi) is 3.77. The standard InChI is InChI=1S/C14H15ClN4/c1-9-13(10(2)19(3)18-9)8-17-14-6-12(15)5-4-11(14)7-16/h4-6,17H,8H2,1-3H3. The summed E-state index contributed by atoms with van der Waals surface area (Å²) in [5.74, 6) is 0. The topological polar surface area (TPSA) is 53.6 Å². The number of nitrogens with one attached hydrogen (secondary N) is 1. The lowest BCUT2D eigenvalue weighted by atomic mass is 10.1. The van der Waals surface area contributed by atoms with Crippen LogP contribution in [0.2, 0.25) is 5.02 Å². The third-order valence-corrected chi connectivity index (χ3v) is 3.45. The van der Waals surface area contributed by atoms with Crippen LogP contribution in [0.3, 0.4) is 0 Å². The largest absolute Gasteiger partial charge is 0.380 e. The van der Waals surface area contributed by atoms with Crippen molar-refractivity contribution >= 4 is 17.3 Å². The molecule has 1 heterocycles. The second kappa shape index (κ2) is 5.33. The van der Waals surface area contributed by atoms with Gasteiger partial charge in [0, 0.05) is 29.9 Å². The van der Waals surface area contributed by atoms with Crippen molar-refractivity contribution in [2.75, 3.05) is 5.32 Å². The Labute approximate surface area is 117 Å². The van der Waals surface area contributed by atoms with Gasteiger partial charge in [-0.15, -0.1) is 0 Å². The highest BCUT2D eigenvalue weighted by molar-refractivity contribution is 6.30. The minimum absolute atomic E-state index is 0.587. The Bertz CT molecular complexity index is 652. The summed E-state index contributed by atoms with van der Waals surface area (Å²) < 4.78 is 1.86. The normalized spacial score (nSPS) is 10.3. The summed E-state index contributed by atoms with van der Waals surface area (Å²) in [5, 5.41) is 17.3. The minimum Gasteiger partial charge on any atom is -0.380 e. The number of rotatable bonds is 3. The highest BCUT2D eigenvalue weighted by Crippen LogP contribution is 2.22. The van der Waals surface area contributed by atoms with Gasteiger partial charge in [0.05, 0.1) is 16.9 Å². The number of hydrogen-bond acceptors (Lipinski definition) is 3. The molecule has 0 spiro atoms. The van der Waals surface area contributed by atoms with Crippen LogP contribution in [0.5, 0.6) is 0 Å². The van der Waals surface area contributed by atoms with E-state index in [2.05, 4.69) is 16.5 Å². The second-order valence-corrected chi connectivity index (χ2v) is 4.86. The fraction of sp³-hybridized carbons (Fsp3) is 0.286. The van der Waals surface area contributed by atoms with E-state index in [1.165, 1.54) is 0 Å². The van der Waals surface area contributed by atoms with E-state index in [1.807, 2.05) is 25.6 Å². The molecule has 2 rings (SSSR count). The minimum atomic E-state index is 0.587. The summed E-state index contributed by atoms with van der Waals surface area (Å²) in [5.41, 5.74) is 4.59. The molecule has 1 N–H and O–H groups in total. The Balaban J connectivity index is 2.24. The van der Waals surface area contributed by atoms with Crippen LogP contribution >= 0.6 is 11.6 Å². The zero-order valence-corrected chi connectivity index (χ0v) is 11.9. The van der Waals surface area contributed by atoms with Gasteiger partial charge in [-0.3, -0.25) is 4.68 Å². The third-order valence-electron chi connectivity index (χ3n) is 3.22. The lowest BCUT2D eigenvalue weighted by molar-refractivity contribution is 0.730. The molecule has 5 heteroatoms. The van der Waals surface area contributed by atoms with Gasteiger partial charge in [-0.25, -0.2) is 0 Å². The Morgan fingerprint density at radius 1 is 1.42 bits per heavy atom. The molecule has 0 atom stereocenters. The first-order valence-corrected chi connectivity index (χ1v) is 6.33. The van der Waals surface area contributed by atoms with Crippen molar-refractivity contribution < 1.29 is 0 Å². The lowest BCUT2D eigenvalue weighted by Crippen LogP contribution is -2.03. The quantitative estimate of drug-likeness (QED) is 0.935. The molecule has 0 saturated heterocycles. The summed E-state index contributed by atoms with van der Waals surface area (Å²) >= 11 is 5.96. The predicted molar refractivity (Wildman–Crippen MR) is 76.2 cm³/mol. The molecule has 98 valence electrons. The van der Waals surface area contributed by atoms with Crippen LogP contribution in [-0.4, -0.2) is 9.78 Å². The van der Waals surface area contributed by atoms with Gasteiger partial charge in [-0.05, 0) is 32.0 Å². The van der Waals surface area contributed by atoms with Crippen molar-refractivity contribution in [3.63, 3.8) is 0 Å². The Morgan fingerprint density at radius 3 is 2.74 bits per heavy atom. The number of benzene rings is 1. The van der Waals surface area contributed by atoms with E-state index in [0.29, 0.717) is 17.1 Å². The van der Waals surface area contributed by atoms with Crippen molar-refractivity contribution in [3.8, 4) is 6.07 Å². The number of hydrogen-bond donors (Lipinski definition) is 1. The average molecular weight is 275 g/mol. The molecule has 0 saturated carbocycles. The molecule has 0 aliphatic heterocycles. The van der Waals surface area contributed by atoms with Gasteiger partial charge in [-0.1, -0.05) is 11.6 Å². The maximum atomic E-state index is 9.07. The molecule has 19 heavy (non-hydrogen) atoms. The SMILES string of the molecule is Cc1nn(C)c(C)c1CNc1cc(Cl)ccc1C#N. The second-order valence-electron chi connectivity index (χ2n) is 4.43. The molecule has 2 aromatic rings. The van der Waals surface area contributed by atoms with Gasteiger partial charge < -0.3 is 5.32 Å². The fourth-order valence-corrected chi connectivity index (χ4v) is 2.19. The summed E-state index contributed by atoms with van der Waals surface area (Å²) in [4.78, 5) is 0. The highest BCUT2D eigenvalue weighted by Gasteiger charge is 2.10. The summed E-state index contributed by atoms with van der Waals surface area (Å²) in [6, 6.07) is 7.35. The number of nitriles is 1. The molecular formula is C14H15ClN4. The van der Waals surface area contributed by atoms with Gasteiger partial charge in [0.2, 0.25) is 0 Å². The monoisotopic (exact) mass is 274 g/mol. The molecule has 0 bridgehead atoms. The number of nitrogens with zero attached hydrogens (tertiary/aromatic N) is 3. The van der Waals surface area contributed by atoms with E-state index in [4.69, 9.17) is 16.9 Å². The molecule has 0 aliphatic rings. The van der Waals surface area contributed by atoms with Crippen LogP contribution in [0.4, 0.5) is 5.69 Å². The van der Waals surface area contributed by atoms with Crippen LogP contribution in [0.15, 0.2) is 18.2 Å². The van der Waals surface area contributed by atoms with Gasteiger partial charge in [0.1, 0.15) is 6.07 Å². The zero-order valence-electron chi connectivity index (χ0n) is 11.2. The van der Waals surface area contributed by atoms with Crippen LogP contribution in [-0.2, 0) is 13.6 Å². The maximum absolute atomic E-state index is 9.07. The maximum Gasteiger partial charge on any atom is 0.101 e. The first-order valence-electron chi connectivity index (χ1n) is 5.95. The lowest BCUT2D eigenvalue weighted by Gasteiger charge is -2.09. The van der Waals surface area contributed by atoms with E-state index in [9.17, 15) is 0 Å². The summed E-state index contributed by atoms with van der Waals surface area (Å²) in [6.45, 7) is 4.63. The van der Waals surface area contributed by atoms with Crippen molar-refractivity contribution in [3.05, 3.63) is 45.7 Å². The molecule has 0 radical (unpaired) electrons. The van der Waals surface area contributed by atoms with E-state index < -0.39 is 0 Å². The molecule has 1 aromatic heterocycles. The molecule has 0 unspecified atom stereocenters. The predicted octanol–water partition coefficient (Wildman–Crippen LogP) is 3.17. The van der Waals surface area contributed by atoms with Crippen molar-refractivity contribution in [2.24, 2.45) is 7.05 Å². The molecule has 4 nitrogen and oxygen atoms in total. The third kappa shape index (κ3) is 2.72. The van der Waals surface area contributed by atoms with Crippen LogP contribution < -0.4 is 5.32 Å². The van der Waals surface area contributed by atoms with E-state index in [1.54, 1.807) is 18.2 Å². The van der Waals surface area contributed by atoms with Crippen LogP contribution in [0.1, 0.15) is 22.5 Å². The van der Waals surface area contributed by atoms with E-state index in [0.717, 1.165) is 22.6 Å². The average Bonchev–Trinajstić information content (AvgIpc) is 2.61. The van der Waals surface area contributed by atoms with Crippen molar-refractivity contribution in [1.82, 2.24) is 9.78 Å². The number of aromatic nitrogens is 2. The molecule has 0 aliphatic carbocycles. The molecular weight excluding hydrogens is 260 g/mol. The van der Waals surface area contributed by atoms with Crippen molar-refractivity contribution in [2.45, 2.75) is 20.4 Å². The Morgan fingerprint density at radius 2 is 2.16 bits per heavy atom. The van der Waals surface area contributed by atoms with Gasteiger partial charge in [0.25, 0.3) is 0 Å². The van der Waals surface area contributed by atoms with E-state index in [-0.39, 0.29) is 0 Å². The Hall–Kier alpha value is -1.99. The summed E-state index contributed by atoms with van der Waals surface area (Å²) in [6.07, 6.45) is 0. The van der Waals surface area contributed by atoms with Crippen LogP contribution in [0.25, 0.3) is 0 Å². The number of aryl methyl sites for hydroxylation is 2. The first-order chi connectivity index (χ1) is 9.02. The fourth-order valence-electron chi connectivity index (χ4n) is 2.02. The zero-order chi connectivity index (χ0) is 14.0. The first kappa shape index (κ1) is 13.4. The number of anilines is 1. The smallest absolute Gasteiger partial charge is 0.101 e. The summed E-state index contributed by atoms with van der Waals surface area (Å²) in [7, 11) is 1.92. The molecule has 1 aromatic carbocycles. The van der Waals surface area contributed by atoms with Crippen LogP contribution in [0, 0.1) is 25.2 Å². The highest BCUT2D eigenvalue weighted by atomic mass is 35.5. The van der Waals surface area contributed by atoms with Gasteiger partial charge >= 0.3 is 0 Å². The van der Waals surface area contributed by atoms with Crippen molar-refractivity contribution in [1.29, 1.82) is 5.26 Å².